The fourth-order valence-corrected chi connectivity index (χ4v) is 5.13. The lowest BCUT2D eigenvalue weighted by Gasteiger charge is -2.48. The molecule has 146 valence electrons. The summed E-state index contributed by atoms with van der Waals surface area (Å²) in [5.41, 5.74) is 3.33. The highest BCUT2D eigenvalue weighted by Crippen LogP contribution is 2.41. The number of piperidine rings is 2. The molecule has 1 saturated carbocycles. The number of amides is 2. The van der Waals surface area contributed by atoms with Gasteiger partial charge in [-0.1, -0.05) is 23.6 Å². The van der Waals surface area contributed by atoms with Gasteiger partial charge in [0.25, 0.3) is 5.91 Å². The molecule has 4 nitrogen and oxygen atoms in total. The van der Waals surface area contributed by atoms with Crippen molar-refractivity contribution in [2.75, 3.05) is 26.2 Å². The minimum atomic E-state index is 0.162. The maximum absolute atomic E-state index is 12.9. The van der Waals surface area contributed by atoms with Crippen LogP contribution in [0.25, 0.3) is 0 Å². The zero-order valence-corrected chi connectivity index (χ0v) is 16.8. The Balaban J connectivity index is 1.38. The summed E-state index contributed by atoms with van der Waals surface area (Å²) in [7, 11) is 0. The first-order valence-corrected chi connectivity index (χ1v) is 10.6. The number of nitrogens with zero attached hydrogens (tertiary/aromatic N) is 2. The number of benzene rings is 1. The molecule has 0 aromatic heterocycles. The Labute approximate surface area is 162 Å². The molecule has 2 amide bonds. The van der Waals surface area contributed by atoms with Gasteiger partial charge in [0.1, 0.15) is 0 Å². The Hall–Kier alpha value is -1.84. The van der Waals surface area contributed by atoms with Crippen LogP contribution in [0.2, 0.25) is 0 Å². The van der Waals surface area contributed by atoms with E-state index < -0.39 is 0 Å². The largest absolute Gasteiger partial charge is 0.342 e. The number of rotatable bonds is 3. The van der Waals surface area contributed by atoms with Crippen LogP contribution in [-0.4, -0.2) is 47.8 Å². The third kappa shape index (κ3) is 3.90. The first-order chi connectivity index (χ1) is 12.9. The van der Waals surface area contributed by atoms with Crippen molar-refractivity contribution in [1.29, 1.82) is 0 Å². The van der Waals surface area contributed by atoms with Crippen molar-refractivity contribution in [2.24, 2.45) is 11.3 Å². The standard InChI is InChI=1S/C23H32N2O2/c1-17-12-18(2)14-20(13-17)22(27)24-10-8-23(9-11-24)7-6-21(26)25(16-23)15-19-4-3-5-19/h12-14,19H,3-11,15-16H2,1-2H3. The van der Waals surface area contributed by atoms with Gasteiger partial charge >= 0.3 is 0 Å². The molecule has 0 radical (unpaired) electrons. The third-order valence-corrected chi connectivity index (χ3v) is 7.03. The summed E-state index contributed by atoms with van der Waals surface area (Å²) < 4.78 is 0. The van der Waals surface area contributed by atoms with Gasteiger partial charge in [0.2, 0.25) is 5.91 Å². The summed E-state index contributed by atoms with van der Waals surface area (Å²) in [6.45, 7) is 7.60. The molecule has 1 aliphatic carbocycles. The van der Waals surface area contributed by atoms with Crippen LogP contribution in [0.5, 0.6) is 0 Å². The van der Waals surface area contributed by atoms with E-state index in [4.69, 9.17) is 0 Å². The third-order valence-electron chi connectivity index (χ3n) is 7.03. The highest BCUT2D eigenvalue weighted by atomic mass is 16.2. The van der Waals surface area contributed by atoms with Crippen molar-refractivity contribution in [1.82, 2.24) is 9.80 Å². The fraction of sp³-hybridized carbons (Fsp3) is 0.652. The van der Waals surface area contributed by atoms with Crippen LogP contribution in [0.1, 0.15) is 66.4 Å². The van der Waals surface area contributed by atoms with Crippen LogP contribution in [0, 0.1) is 25.2 Å². The second-order valence-electron chi connectivity index (χ2n) is 9.24. The molecule has 0 atom stereocenters. The smallest absolute Gasteiger partial charge is 0.253 e. The number of carbonyl (C=O) groups excluding carboxylic acids is 2. The van der Waals surface area contributed by atoms with Crippen molar-refractivity contribution in [3.63, 3.8) is 0 Å². The Morgan fingerprint density at radius 1 is 1.07 bits per heavy atom. The van der Waals surface area contributed by atoms with E-state index in [-0.39, 0.29) is 11.3 Å². The minimum Gasteiger partial charge on any atom is -0.342 e. The fourth-order valence-electron chi connectivity index (χ4n) is 5.13. The van der Waals surface area contributed by atoms with Gasteiger partial charge in [-0.3, -0.25) is 9.59 Å². The Bertz CT molecular complexity index is 710. The molecular weight excluding hydrogens is 336 g/mol. The van der Waals surface area contributed by atoms with E-state index in [9.17, 15) is 9.59 Å². The van der Waals surface area contributed by atoms with Gasteiger partial charge in [-0.25, -0.2) is 0 Å². The molecule has 4 rings (SSSR count). The molecule has 4 heteroatoms. The average molecular weight is 369 g/mol. The molecule has 3 aliphatic rings. The van der Waals surface area contributed by atoms with E-state index in [1.54, 1.807) is 0 Å². The molecule has 27 heavy (non-hydrogen) atoms. The molecule has 2 aliphatic heterocycles. The molecule has 1 aromatic carbocycles. The number of carbonyl (C=O) groups is 2. The summed E-state index contributed by atoms with van der Waals surface area (Å²) in [5.74, 6) is 1.24. The second-order valence-corrected chi connectivity index (χ2v) is 9.24. The van der Waals surface area contributed by atoms with E-state index >= 15 is 0 Å². The minimum absolute atomic E-state index is 0.162. The van der Waals surface area contributed by atoms with Crippen molar-refractivity contribution in [3.05, 3.63) is 34.9 Å². The number of likely N-dealkylation sites (tertiary alicyclic amines) is 2. The Morgan fingerprint density at radius 3 is 2.33 bits per heavy atom. The summed E-state index contributed by atoms with van der Waals surface area (Å²) in [6.07, 6.45) is 7.64. The number of aryl methyl sites for hydroxylation is 2. The van der Waals surface area contributed by atoms with E-state index in [0.29, 0.717) is 12.3 Å². The second kappa shape index (κ2) is 7.29. The first-order valence-electron chi connectivity index (χ1n) is 10.6. The number of hydrogen-bond acceptors (Lipinski definition) is 2. The Kier molecular flexibility index (Phi) is 5.00. The first kappa shape index (κ1) is 18.5. The predicted octanol–water partition coefficient (Wildman–Crippen LogP) is 3.95. The summed E-state index contributed by atoms with van der Waals surface area (Å²) in [5, 5.41) is 0. The van der Waals surface area contributed by atoms with Gasteiger partial charge in [-0.05, 0) is 69.4 Å². The van der Waals surface area contributed by atoms with Gasteiger partial charge in [-0.15, -0.1) is 0 Å². The van der Waals surface area contributed by atoms with Gasteiger partial charge in [-0.2, -0.15) is 0 Å². The lowest BCUT2D eigenvalue weighted by atomic mass is 9.71. The summed E-state index contributed by atoms with van der Waals surface area (Å²) in [4.78, 5) is 29.5. The van der Waals surface area contributed by atoms with Crippen molar-refractivity contribution in [2.45, 2.75) is 58.8 Å². The lowest BCUT2D eigenvalue weighted by Crippen LogP contribution is -2.53. The molecule has 0 N–H and O–H groups in total. The summed E-state index contributed by atoms with van der Waals surface area (Å²) >= 11 is 0. The molecule has 1 spiro atoms. The monoisotopic (exact) mass is 368 g/mol. The number of hydrogen-bond donors (Lipinski definition) is 0. The topological polar surface area (TPSA) is 40.6 Å². The van der Waals surface area contributed by atoms with Crippen molar-refractivity contribution in [3.8, 4) is 0 Å². The molecule has 2 heterocycles. The maximum Gasteiger partial charge on any atom is 0.253 e. The Morgan fingerprint density at radius 2 is 1.74 bits per heavy atom. The van der Waals surface area contributed by atoms with Gasteiger partial charge in [0.15, 0.2) is 0 Å². The lowest BCUT2D eigenvalue weighted by molar-refractivity contribution is -0.140. The van der Waals surface area contributed by atoms with Crippen LogP contribution >= 0.6 is 0 Å². The van der Waals surface area contributed by atoms with E-state index in [1.807, 2.05) is 30.9 Å². The maximum atomic E-state index is 12.9. The van der Waals surface area contributed by atoms with E-state index in [1.165, 1.54) is 19.3 Å². The van der Waals surface area contributed by atoms with Crippen molar-refractivity contribution >= 4 is 11.8 Å². The quantitative estimate of drug-likeness (QED) is 0.810. The zero-order chi connectivity index (χ0) is 19.0. The highest BCUT2D eigenvalue weighted by Gasteiger charge is 2.42. The van der Waals surface area contributed by atoms with Gasteiger partial charge < -0.3 is 9.80 Å². The van der Waals surface area contributed by atoms with Gasteiger partial charge in [0, 0.05) is 38.2 Å². The normalized spacial score (nSPS) is 22.8. The van der Waals surface area contributed by atoms with Crippen LogP contribution in [0.15, 0.2) is 18.2 Å². The van der Waals surface area contributed by atoms with Crippen LogP contribution < -0.4 is 0 Å². The highest BCUT2D eigenvalue weighted by molar-refractivity contribution is 5.94. The average Bonchev–Trinajstić information content (AvgIpc) is 2.60. The molecule has 2 saturated heterocycles. The zero-order valence-electron chi connectivity index (χ0n) is 16.8. The summed E-state index contributed by atoms with van der Waals surface area (Å²) in [6, 6.07) is 6.11. The molecule has 0 unspecified atom stereocenters. The SMILES string of the molecule is Cc1cc(C)cc(C(=O)N2CCC3(CCC(=O)N(CC4CCC4)C3)CC2)c1. The van der Waals surface area contributed by atoms with Crippen LogP contribution in [0.4, 0.5) is 0 Å². The van der Waals surface area contributed by atoms with Crippen LogP contribution in [-0.2, 0) is 4.79 Å². The van der Waals surface area contributed by atoms with E-state index in [0.717, 1.165) is 68.0 Å². The molecule has 3 fully saturated rings. The molecule has 0 bridgehead atoms. The van der Waals surface area contributed by atoms with Crippen molar-refractivity contribution < 1.29 is 9.59 Å². The van der Waals surface area contributed by atoms with E-state index in [2.05, 4.69) is 11.0 Å². The van der Waals surface area contributed by atoms with Gasteiger partial charge in [0.05, 0.1) is 0 Å². The predicted molar refractivity (Wildman–Crippen MR) is 107 cm³/mol. The van der Waals surface area contributed by atoms with Crippen LogP contribution in [0.3, 0.4) is 0 Å². The molecular formula is C23H32N2O2. The molecule has 1 aromatic rings.